The van der Waals surface area contributed by atoms with Crippen molar-refractivity contribution >= 4 is 32.8 Å². The highest BCUT2D eigenvalue weighted by Gasteiger charge is 2.17. The Morgan fingerprint density at radius 2 is 0.682 bits per heavy atom. The zero-order valence-electron chi connectivity index (χ0n) is 23.8. The quantitative estimate of drug-likeness (QED) is 0.200. The van der Waals surface area contributed by atoms with Crippen molar-refractivity contribution in [1.29, 1.82) is 0 Å². The van der Waals surface area contributed by atoms with E-state index < -0.39 is 0 Å². The predicted molar refractivity (Wildman–Crippen MR) is 181 cm³/mol. The van der Waals surface area contributed by atoms with Gasteiger partial charge in [0.25, 0.3) is 0 Å². The number of hydrogen-bond acceptors (Lipinski definition) is 2. The minimum Gasteiger partial charge on any atom is -0.306 e. The molecule has 0 aliphatic carbocycles. The van der Waals surface area contributed by atoms with Gasteiger partial charge >= 0.3 is 0 Å². The summed E-state index contributed by atoms with van der Waals surface area (Å²) in [6, 6.07) is 47.4. The van der Waals surface area contributed by atoms with Gasteiger partial charge in [-0.05, 0) is 68.1 Å². The average molecular weight is 563 g/mol. The molecule has 0 radical (unpaired) electrons. The molecule has 0 atom stereocenters. The van der Waals surface area contributed by atoms with Crippen molar-refractivity contribution in [1.82, 2.24) is 18.8 Å². The van der Waals surface area contributed by atoms with E-state index in [4.69, 9.17) is 9.97 Å². The summed E-state index contributed by atoms with van der Waals surface area (Å²) in [6.07, 6.45) is 8.24. The fourth-order valence-electron chi connectivity index (χ4n) is 6.51. The minimum atomic E-state index is 0.950. The van der Waals surface area contributed by atoms with Gasteiger partial charge in [-0.1, -0.05) is 109 Å². The van der Waals surface area contributed by atoms with E-state index in [1.54, 1.807) is 0 Å². The number of rotatable bonds is 4. The van der Waals surface area contributed by atoms with Crippen LogP contribution in [0.5, 0.6) is 0 Å². The van der Waals surface area contributed by atoms with Gasteiger partial charge in [-0.3, -0.25) is 0 Å². The first-order valence-corrected chi connectivity index (χ1v) is 14.8. The van der Waals surface area contributed by atoms with Gasteiger partial charge in [-0.15, -0.1) is 0 Å². The fraction of sp³-hybridized carbons (Fsp3) is 0. The van der Waals surface area contributed by atoms with E-state index in [0.717, 1.165) is 33.8 Å². The molecule has 9 aromatic rings. The Labute approximate surface area is 254 Å². The molecule has 0 saturated carbocycles. The van der Waals surface area contributed by atoms with Gasteiger partial charge in [-0.2, -0.15) is 0 Å². The highest BCUT2D eigenvalue weighted by molar-refractivity contribution is 6.21. The van der Waals surface area contributed by atoms with Crippen molar-refractivity contribution in [2.24, 2.45) is 0 Å². The number of benzene rings is 5. The molecule has 5 aromatic carbocycles. The molecule has 0 unspecified atom stereocenters. The van der Waals surface area contributed by atoms with Gasteiger partial charge < -0.3 is 8.80 Å². The fourth-order valence-corrected chi connectivity index (χ4v) is 6.51. The van der Waals surface area contributed by atoms with Crippen LogP contribution >= 0.6 is 0 Å². The molecule has 0 saturated heterocycles. The minimum absolute atomic E-state index is 0.950. The third-order valence-corrected chi connectivity index (χ3v) is 8.60. The van der Waals surface area contributed by atoms with E-state index in [9.17, 15) is 0 Å². The van der Waals surface area contributed by atoms with Crippen LogP contribution in [0.15, 0.2) is 158 Å². The molecule has 0 spiro atoms. The van der Waals surface area contributed by atoms with Crippen molar-refractivity contribution in [3.8, 4) is 44.8 Å². The van der Waals surface area contributed by atoms with Crippen molar-refractivity contribution in [2.45, 2.75) is 0 Å². The topological polar surface area (TPSA) is 34.6 Å². The normalized spacial score (nSPS) is 11.6. The molecular formula is C40H26N4. The molecule has 0 aliphatic heterocycles. The maximum Gasteiger partial charge on any atom is 0.137 e. The van der Waals surface area contributed by atoms with Crippen molar-refractivity contribution in [2.75, 3.05) is 0 Å². The molecule has 0 bridgehead atoms. The molecule has 9 rings (SSSR count). The van der Waals surface area contributed by atoms with Crippen LogP contribution in [0, 0.1) is 0 Å². The van der Waals surface area contributed by atoms with E-state index in [-0.39, 0.29) is 0 Å². The summed E-state index contributed by atoms with van der Waals surface area (Å²) in [5, 5.41) is 4.97. The van der Waals surface area contributed by atoms with Crippen LogP contribution in [0.2, 0.25) is 0 Å². The SMILES string of the molecule is c1ccc2c(-c3ccc(-c4cn5ccccc5n4)cc3)c3ccccc3c(-c3ccc(-c4cn5ccccc5n4)cc3)c2c1. The summed E-state index contributed by atoms with van der Waals surface area (Å²) in [6.45, 7) is 0. The lowest BCUT2D eigenvalue weighted by molar-refractivity contribution is 1.19. The average Bonchev–Trinajstić information content (AvgIpc) is 3.72. The molecule has 4 heteroatoms. The number of pyridine rings is 2. The van der Waals surface area contributed by atoms with Gasteiger partial charge in [0.1, 0.15) is 11.3 Å². The molecule has 0 N–H and O–H groups in total. The number of fused-ring (bicyclic) bond motifs is 4. The van der Waals surface area contributed by atoms with Gasteiger partial charge in [0, 0.05) is 35.9 Å². The van der Waals surface area contributed by atoms with E-state index >= 15 is 0 Å². The third-order valence-electron chi connectivity index (χ3n) is 8.60. The smallest absolute Gasteiger partial charge is 0.137 e. The molecule has 0 aliphatic rings. The molecule has 0 amide bonds. The number of nitrogens with zero attached hydrogens (tertiary/aromatic N) is 4. The number of imidazole rings is 2. The van der Waals surface area contributed by atoms with Gasteiger partial charge in [0.05, 0.1) is 11.4 Å². The molecule has 206 valence electrons. The third kappa shape index (κ3) is 3.92. The summed E-state index contributed by atoms with van der Waals surface area (Å²) in [4.78, 5) is 9.65. The molecule has 0 fully saturated rings. The maximum atomic E-state index is 4.82. The van der Waals surface area contributed by atoms with Crippen LogP contribution in [0.25, 0.3) is 77.6 Å². The second kappa shape index (κ2) is 9.79. The van der Waals surface area contributed by atoms with Crippen molar-refractivity contribution in [3.05, 3.63) is 158 Å². The number of aromatic nitrogens is 4. The summed E-state index contributed by atoms with van der Waals surface area (Å²) in [5.41, 5.74) is 10.9. The Morgan fingerprint density at radius 3 is 1.05 bits per heavy atom. The molecule has 44 heavy (non-hydrogen) atoms. The summed E-state index contributed by atoms with van der Waals surface area (Å²) < 4.78 is 4.12. The van der Waals surface area contributed by atoms with Crippen LogP contribution in [0.1, 0.15) is 0 Å². The van der Waals surface area contributed by atoms with E-state index in [0.29, 0.717) is 0 Å². The Kier molecular flexibility index (Phi) is 5.47. The van der Waals surface area contributed by atoms with Gasteiger partial charge in [0.15, 0.2) is 0 Å². The standard InChI is InChI=1S/C40H26N4/c1-2-10-32-31(9-1)39(29-19-15-27(16-20-29)35-25-43-23-7-5-13-37(43)41-35)33-11-3-4-12-34(33)40(32)30-21-17-28(18-22-30)36-26-44-24-8-6-14-38(44)42-36/h1-26H. The zero-order chi connectivity index (χ0) is 29.0. The van der Waals surface area contributed by atoms with Crippen molar-refractivity contribution < 1.29 is 0 Å². The maximum absolute atomic E-state index is 4.82. The Hall–Kier alpha value is -6.00. The highest BCUT2D eigenvalue weighted by Crippen LogP contribution is 2.44. The summed E-state index contributed by atoms with van der Waals surface area (Å²) in [7, 11) is 0. The lowest BCUT2D eigenvalue weighted by atomic mass is 9.85. The predicted octanol–water partition coefficient (Wildman–Crippen LogP) is 9.96. The lowest BCUT2D eigenvalue weighted by Gasteiger charge is -2.18. The van der Waals surface area contributed by atoms with E-state index in [1.165, 1.54) is 43.8 Å². The van der Waals surface area contributed by atoms with Gasteiger partial charge in [0.2, 0.25) is 0 Å². The van der Waals surface area contributed by atoms with Crippen LogP contribution < -0.4 is 0 Å². The van der Waals surface area contributed by atoms with E-state index in [2.05, 4.69) is 118 Å². The molecule has 4 aromatic heterocycles. The second-order valence-electron chi connectivity index (χ2n) is 11.2. The second-order valence-corrected chi connectivity index (χ2v) is 11.2. The first-order chi connectivity index (χ1) is 21.8. The van der Waals surface area contributed by atoms with Crippen LogP contribution in [0.4, 0.5) is 0 Å². The van der Waals surface area contributed by atoms with Crippen molar-refractivity contribution in [3.63, 3.8) is 0 Å². The Bertz CT molecular complexity index is 2180. The molecular weight excluding hydrogens is 536 g/mol. The van der Waals surface area contributed by atoms with Crippen LogP contribution in [-0.4, -0.2) is 18.8 Å². The first kappa shape index (κ1) is 24.6. The van der Waals surface area contributed by atoms with Gasteiger partial charge in [-0.25, -0.2) is 9.97 Å². The summed E-state index contributed by atoms with van der Waals surface area (Å²) >= 11 is 0. The molecule has 4 heterocycles. The largest absolute Gasteiger partial charge is 0.306 e. The lowest BCUT2D eigenvalue weighted by Crippen LogP contribution is -1.91. The summed E-state index contributed by atoms with van der Waals surface area (Å²) in [5.74, 6) is 0. The van der Waals surface area contributed by atoms with E-state index in [1.807, 2.05) is 48.8 Å². The Morgan fingerprint density at radius 1 is 0.341 bits per heavy atom. The zero-order valence-corrected chi connectivity index (χ0v) is 23.8. The Balaban J connectivity index is 1.18. The highest BCUT2D eigenvalue weighted by atomic mass is 15.0. The number of hydrogen-bond donors (Lipinski definition) is 0. The molecule has 4 nitrogen and oxygen atoms in total. The van der Waals surface area contributed by atoms with Crippen LogP contribution in [-0.2, 0) is 0 Å². The monoisotopic (exact) mass is 562 g/mol. The first-order valence-electron chi connectivity index (χ1n) is 14.8. The van der Waals surface area contributed by atoms with Crippen LogP contribution in [0.3, 0.4) is 0 Å².